The lowest BCUT2D eigenvalue weighted by Gasteiger charge is -2.35. The molecule has 3 aromatic heterocycles. The molecule has 0 spiro atoms. The third-order valence-corrected chi connectivity index (χ3v) is 9.58. The molecule has 11 nitrogen and oxygen atoms in total. The number of aromatic nitrogens is 4. The number of alkyl halides is 2. The Morgan fingerprint density at radius 1 is 1.12 bits per heavy atom. The number of rotatable bonds is 3. The zero-order chi connectivity index (χ0) is 34.1. The van der Waals surface area contributed by atoms with E-state index in [4.69, 9.17) is 9.84 Å². The molecule has 2 saturated heterocycles. The summed E-state index contributed by atoms with van der Waals surface area (Å²) in [6, 6.07) is 10.4. The SMILES string of the molecule is C[C@@H]1CN(c2ccc(C#N)n3ncc(F)c23)Cc2c3ccc(C4CCN(C(=O)[C@@H]5CC(F)(F)CN5C(=O)OC(C)(C)C)CC4)cc3nn21. The normalized spacial score (nSPS) is 21.5. The molecule has 6 heterocycles. The van der Waals surface area contributed by atoms with Crippen LogP contribution in [0.3, 0.4) is 0 Å². The van der Waals surface area contributed by atoms with Gasteiger partial charge >= 0.3 is 6.09 Å². The van der Waals surface area contributed by atoms with E-state index in [1.54, 1.807) is 37.8 Å². The van der Waals surface area contributed by atoms with E-state index in [9.17, 15) is 28.0 Å². The van der Waals surface area contributed by atoms with Crippen LogP contribution in [0.25, 0.3) is 16.4 Å². The number of piperidine rings is 1. The fourth-order valence-corrected chi connectivity index (χ4v) is 7.36. The molecule has 3 aliphatic heterocycles. The lowest BCUT2D eigenvalue weighted by molar-refractivity contribution is -0.137. The number of anilines is 1. The van der Waals surface area contributed by atoms with Gasteiger partial charge in [-0.15, -0.1) is 0 Å². The van der Waals surface area contributed by atoms with E-state index in [1.165, 1.54) is 4.52 Å². The van der Waals surface area contributed by atoms with Gasteiger partial charge in [0, 0.05) is 31.4 Å². The molecule has 0 bridgehead atoms. The Balaban J connectivity index is 1.06. The van der Waals surface area contributed by atoms with Gasteiger partial charge in [-0.3, -0.25) is 14.4 Å². The Morgan fingerprint density at radius 2 is 1.88 bits per heavy atom. The van der Waals surface area contributed by atoms with Crippen LogP contribution in [0.2, 0.25) is 0 Å². The van der Waals surface area contributed by atoms with E-state index < -0.39 is 48.3 Å². The number of halogens is 3. The summed E-state index contributed by atoms with van der Waals surface area (Å²) in [7, 11) is 0. The standard InChI is InChI=1S/C34H37F3N8O3/c1-20-17-42(27-8-6-23(15-38)45-30(27)25(35)16-39-45)18-29-24-7-5-22(13-26(24)40-44(20)29)21-9-11-41(12-10-21)31(46)28-14-34(36,37)19-43(28)32(47)48-33(2,3)4/h5-8,13,16,20-21,28H,9-12,14,17-19H2,1-4H3/t20-,28+/m1/s1. The van der Waals surface area contributed by atoms with E-state index in [-0.39, 0.29) is 23.2 Å². The highest BCUT2D eigenvalue weighted by atomic mass is 19.3. The summed E-state index contributed by atoms with van der Waals surface area (Å²) in [5.41, 5.74) is 3.24. The van der Waals surface area contributed by atoms with Crippen molar-refractivity contribution in [3.05, 3.63) is 59.3 Å². The number of hydrogen-bond donors (Lipinski definition) is 0. The first-order valence-corrected chi connectivity index (χ1v) is 16.2. The molecule has 7 rings (SSSR count). The Hall–Kier alpha value is -4.80. The first kappa shape index (κ1) is 31.8. The molecule has 0 unspecified atom stereocenters. The number of pyridine rings is 1. The van der Waals surface area contributed by atoms with Crippen LogP contribution in [0.5, 0.6) is 0 Å². The minimum Gasteiger partial charge on any atom is -0.444 e. The molecule has 48 heavy (non-hydrogen) atoms. The Bertz CT molecular complexity index is 1970. The maximum atomic E-state index is 14.9. The zero-order valence-corrected chi connectivity index (χ0v) is 27.3. The van der Waals surface area contributed by atoms with E-state index in [2.05, 4.69) is 41.2 Å². The predicted octanol–water partition coefficient (Wildman–Crippen LogP) is 5.63. The number of carbonyl (C=O) groups is 2. The second-order valence-corrected chi connectivity index (χ2v) is 14.1. The Kier molecular flexibility index (Phi) is 7.56. The van der Waals surface area contributed by atoms with Crippen molar-refractivity contribution < 1.29 is 27.5 Å². The second-order valence-electron chi connectivity index (χ2n) is 14.1. The van der Waals surface area contributed by atoms with Crippen molar-refractivity contribution in [3.63, 3.8) is 0 Å². The number of carbonyl (C=O) groups excluding carboxylic acids is 2. The molecule has 2 amide bonds. The van der Waals surface area contributed by atoms with Crippen LogP contribution >= 0.6 is 0 Å². The van der Waals surface area contributed by atoms with Crippen molar-refractivity contribution in [1.82, 2.24) is 29.2 Å². The number of benzene rings is 1. The number of nitrogens with zero attached hydrogens (tertiary/aromatic N) is 8. The summed E-state index contributed by atoms with van der Waals surface area (Å²) in [5, 5.41) is 19.5. The summed E-state index contributed by atoms with van der Waals surface area (Å²) < 4.78 is 52.4. The molecular formula is C34H37F3N8O3. The minimum absolute atomic E-state index is 0.0104. The van der Waals surface area contributed by atoms with Crippen molar-refractivity contribution in [1.29, 1.82) is 5.26 Å². The molecule has 2 atom stereocenters. The predicted molar refractivity (Wildman–Crippen MR) is 170 cm³/mol. The average Bonchev–Trinajstić information content (AvgIpc) is 3.72. The topological polar surface area (TPSA) is 112 Å². The van der Waals surface area contributed by atoms with Crippen molar-refractivity contribution in [2.45, 2.75) is 83.0 Å². The summed E-state index contributed by atoms with van der Waals surface area (Å²) >= 11 is 0. The van der Waals surface area contributed by atoms with Crippen LogP contribution in [0.4, 0.5) is 23.7 Å². The summed E-state index contributed by atoms with van der Waals surface area (Å²) in [5.74, 6) is -3.97. The van der Waals surface area contributed by atoms with E-state index >= 15 is 0 Å². The van der Waals surface area contributed by atoms with Crippen molar-refractivity contribution in [3.8, 4) is 6.07 Å². The van der Waals surface area contributed by atoms with Gasteiger partial charge in [0.15, 0.2) is 5.82 Å². The Morgan fingerprint density at radius 3 is 2.58 bits per heavy atom. The molecule has 252 valence electrons. The molecule has 0 saturated carbocycles. The first-order valence-electron chi connectivity index (χ1n) is 16.2. The third kappa shape index (κ3) is 5.58. The van der Waals surface area contributed by atoms with Crippen molar-refractivity contribution in [2.24, 2.45) is 0 Å². The molecule has 1 aromatic carbocycles. The van der Waals surface area contributed by atoms with Crippen LogP contribution in [-0.2, 0) is 16.1 Å². The van der Waals surface area contributed by atoms with Crippen molar-refractivity contribution in [2.75, 3.05) is 31.1 Å². The number of hydrogen-bond acceptors (Lipinski definition) is 7. The third-order valence-electron chi connectivity index (χ3n) is 9.58. The monoisotopic (exact) mass is 662 g/mol. The maximum absolute atomic E-state index is 14.9. The second kappa shape index (κ2) is 11.4. The smallest absolute Gasteiger partial charge is 0.411 e. The van der Waals surface area contributed by atoms with Gasteiger partial charge < -0.3 is 14.5 Å². The molecule has 0 radical (unpaired) electrons. The lowest BCUT2D eigenvalue weighted by Crippen LogP contribution is -2.50. The van der Waals surface area contributed by atoms with Crippen LogP contribution < -0.4 is 4.90 Å². The molecule has 0 aliphatic carbocycles. The highest BCUT2D eigenvalue weighted by molar-refractivity contribution is 5.87. The van der Waals surface area contributed by atoms with Crippen LogP contribution in [0, 0.1) is 17.1 Å². The molecule has 14 heteroatoms. The van der Waals surface area contributed by atoms with Gasteiger partial charge in [-0.2, -0.15) is 15.5 Å². The highest BCUT2D eigenvalue weighted by Crippen LogP contribution is 2.38. The van der Waals surface area contributed by atoms with Crippen molar-refractivity contribution >= 4 is 34.1 Å². The van der Waals surface area contributed by atoms with Gasteiger partial charge in [-0.25, -0.2) is 22.5 Å². The lowest BCUT2D eigenvalue weighted by atomic mass is 9.88. The number of amides is 2. The Labute approximate surface area is 275 Å². The largest absolute Gasteiger partial charge is 0.444 e. The van der Waals surface area contributed by atoms with Gasteiger partial charge in [-0.05, 0) is 70.2 Å². The van der Waals surface area contributed by atoms with Gasteiger partial charge in [0.1, 0.15) is 28.9 Å². The summed E-state index contributed by atoms with van der Waals surface area (Å²) in [6.07, 6.45) is 0.809. The van der Waals surface area contributed by atoms with E-state index in [0.29, 0.717) is 44.7 Å². The van der Waals surface area contributed by atoms with Gasteiger partial charge in [0.2, 0.25) is 5.91 Å². The van der Waals surface area contributed by atoms with Gasteiger partial charge in [0.25, 0.3) is 5.92 Å². The molecule has 2 fully saturated rings. The summed E-state index contributed by atoms with van der Waals surface area (Å²) in [4.78, 5) is 30.7. The van der Waals surface area contributed by atoms with E-state index in [1.807, 2.05) is 4.68 Å². The first-order chi connectivity index (χ1) is 22.7. The van der Waals surface area contributed by atoms with E-state index in [0.717, 1.165) is 33.3 Å². The number of fused-ring (bicyclic) bond motifs is 4. The average molecular weight is 663 g/mol. The molecular weight excluding hydrogens is 625 g/mol. The fraction of sp³-hybridized carbons (Fsp3) is 0.500. The maximum Gasteiger partial charge on any atom is 0.411 e. The number of nitriles is 1. The molecule has 0 N–H and O–H groups in total. The van der Waals surface area contributed by atoms with Crippen LogP contribution in [0.1, 0.15) is 75.9 Å². The quantitative estimate of drug-likeness (QED) is 0.280. The molecule has 3 aliphatic rings. The van der Waals surface area contributed by atoms with Crippen LogP contribution in [-0.4, -0.2) is 84.9 Å². The highest BCUT2D eigenvalue weighted by Gasteiger charge is 2.52. The zero-order valence-electron chi connectivity index (χ0n) is 27.3. The number of ether oxygens (including phenoxy) is 1. The molecule has 4 aromatic rings. The number of likely N-dealkylation sites (tertiary alicyclic amines) is 2. The van der Waals surface area contributed by atoms with Gasteiger partial charge in [0.05, 0.1) is 42.2 Å². The van der Waals surface area contributed by atoms with Crippen LogP contribution in [0.15, 0.2) is 36.5 Å². The van der Waals surface area contributed by atoms with Gasteiger partial charge in [-0.1, -0.05) is 12.1 Å². The minimum atomic E-state index is -3.16. The summed E-state index contributed by atoms with van der Waals surface area (Å²) in [6.45, 7) is 8.06. The fourth-order valence-electron chi connectivity index (χ4n) is 7.36.